The van der Waals surface area contributed by atoms with Gasteiger partial charge in [0.2, 0.25) is 17.1 Å². The summed E-state index contributed by atoms with van der Waals surface area (Å²) in [5.41, 5.74) is 2.22. The first-order valence-corrected chi connectivity index (χ1v) is 8.68. The van der Waals surface area contributed by atoms with Crippen LogP contribution in [-0.4, -0.2) is 37.0 Å². The van der Waals surface area contributed by atoms with E-state index in [4.69, 9.17) is 9.15 Å². The molecule has 6 nitrogen and oxygen atoms in total. The molecule has 0 saturated carbocycles. The van der Waals surface area contributed by atoms with Gasteiger partial charge in [0.15, 0.2) is 0 Å². The zero-order valence-electron chi connectivity index (χ0n) is 15.3. The summed E-state index contributed by atoms with van der Waals surface area (Å²) in [4.78, 5) is 25.7. The van der Waals surface area contributed by atoms with Crippen molar-refractivity contribution < 1.29 is 13.9 Å². The van der Waals surface area contributed by atoms with Gasteiger partial charge in [-0.25, -0.2) is 0 Å². The summed E-state index contributed by atoms with van der Waals surface area (Å²) in [5, 5.41) is 3.06. The van der Waals surface area contributed by atoms with Crippen molar-refractivity contribution in [2.75, 3.05) is 20.2 Å². The third-order valence-electron chi connectivity index (χ3n) is 4.74. The standard InChI is InChI=1S/C20H24N2O4/c1-13-4-6-15(7-5-13)17-10-22(11-18(17)21-14(2)23)9-16-8-19(24)20(25-3)12-26-16/h4-8,12,17-18H,9-11H2,1-3H3,(H,21,23). The number of benzene rings is 1. The third kappa shape index (κ3) is 4.14. The average Bonchev–Trinajstić information content (AvgIpc) is 2.97. The summed E-state index contributed by atoms with van der Waals surface area (Å²) in [6.45, 7) is 5.59. The van der Waals surface area contributed by atoms with E-state index in [1.807, 2.05) is 0 Å². The van der Waals surface area contributed by atoms with Crippen LogP contribution in [0.1, 0.15) is 29.7 Å². The topological polar surface area (TPSA) is 71.8 Å². The number of likely N-dealkylation sites (tertiary alicyclic amines) is 1. The Balaban J connectivity index is 1.77. The molecule has 3 rings (SSSR count). The second-order valence-electron chi connectivity index (χ2n) is 6.80. The Morgan fingerprint density at radius 2 is 2.04 bits per heavy atom. The third-order valence-corrected chi connectivity index (χ3v) is 4.74. The van der Waals surface area contributed by atoms with Crippen molar-refractivity contribution in [3.8, 4) is 5.75 Å². The highest BCUT2D eigenvalue weighted by Gasteiger charge is 2.34. The molecule has 1 aromatic carbocycles. The van der Waals surface area contributed by atoms with Crippen LogP contribution in [0.2, 0.25) is 0 Å². The van der Waals surface area contributed by atoms with Gasteiger partial charge in [-0.3, -0.25) is 14.5 Å². The highest BCUT2D eigenvalue weighted by atomic mass is 16.5. The number of ether oxygens (including phenoxy) is 1. The lowest BCUT2D eigenvalue weighted by molar-refractivity contribution is -0.119. The van der Waals surface area contributed by atoms with Gasteiger partial charge in [-0.05, 0) is 12.5 Å². The Morgan fingerprint density at radius 3 is 2.65 bits per heavy atom. The number of hydrogen-bond acceptors (Lipinski definition) is 5. The van der Waals surface area contributed by atoms with Gasteiger partial charge in [-0.15, -0.1) is 0 Å². The number of carbonyl (C=O) groups is 1. The maximum atomic E-state index is 11.9. The van der Waals surface area contributed by atoms with Gasteiger partial charge in [0, 0.05) is 38.0 Å². The van der Waals surface area contributed by atoms with Crippen molar-refractivity contribution in [3.63, 3.8) is 0 Å². The molecule has 0 aliphatic carbocycles. The monoisotopic (exact) mass is 356 g/mol. The van der Waals surface area contributed by atoms with E-state index in [2.05, 4.69) is 41.4 Å². The molecule has 2 atom stereocenters. The van der Waals surface area contributed by atoms with Crippen molar-refractivity contribution in [1.82, 2.24) is 10.2 Å². The summed E-state index contributed by atoms with van der Waals surface area (Å²) >= 11 is 0. The molecule has 1 aliphatic heterocycles. The molecule has 0 bridgehead atoms. The van der Waals surface area contributed by atoms with Crippen molar-refractivity contribution in [1.29, 1.82) is 0 Å². The van der Waals surface area contributed by atoms with E-state index in [-0.39, 0.29) is 29.0 Å². The van der Waals surface area contributed by atoms with E-state index in [1.165, 1.54) is 37.5 Å². The van der Waals surface area contributed by atoms with Crippen LogP contribution in [-0.2, 0) is 11.3 Å². The van der Waals surface area contributed by atoms with Crippen molar-refractivity contribution >= 4 is 5.91 Å². The van der Waals surface area contributed by atoms with Crippen LogP contribution in [0.25, 0.3) is 0 Å². The number of rotatable bonds is 5. The smallest absolute Gasteiger partial charge is 0.227 e. The SMILES string of the molecule is COc1coc(CN2CC(NC(C)=O)C(c3ccc(C)cc3)C2)cc1=O. The minimum atomic E-state index is -0.193. The summed E-state index contributed by atoms with van der Waals surface area (Å²) in [6.07, 6.45) is 1.34. The van der Waals surface area contributed by atoms with E-state index in [0.29, 0.717) is 18.8 Å². The van der Waals surface area contributed by atoms with Crippen LogP contribution in [0, 0.1) is 6.92 Å². The van der Waals surface area contributed by atoms with Gasteiger partial charge in [0.1, 0.15) is 12.0 Å². The van der Waals surface area contributed by atoms with E-state index in [1.54, 1.807) is 0 Å². The molecule has 1 aliphatic rings. The van der Waals surface area contributed by atoms with Crippen LogP contribution in [0.5, 0.6) is 5.75 Å². The first-order chi connectivity index (χ1) is 12.5. The fourth-order valence-corrected chi connectivity index (χ4v) is 3.46. The number of amides is 1. The Hall–Kier alpha value is -2.60. The Kier molecular flexibility index (Phi) is 5.42. The van der Waals surface area contributed by atoms with Crippen molar-refractivity contribution in [2.45, 2.75) is 32.4 Å². The lowest BCUT2D eigenvalue weighted by Gasteiger charge is -2.19. The van der Waals surface area contributed by atoms with Crippen molar-refractivity contribution in [3.05, 3.63) is 63.7 Å². The molecule has 1 amide bonds. The molecule has 1 fully saturated rings. The Labute approximate surface area is 152 Å². The molecule has 0 radical (unpaired) electrons. The molecule has 138 valence electrons. The Bertz CT molecular complexity index is 828. The van der Waals surface area contributed by atoms with Crippen LogP contribution >= 0.6 is 0 Å². The molecule has 2 unspecified atom stereocenters. The minimum absolute atomic E-state index is 0.0279. The minimum Gasteiger partial charge on any atom is -0.490 e. The maximum absolute atomic E-state index is 11.9. The molecular formula is C20H24N2O4. The summed E-state index contributed by atoms with van der Waals surface area (Å²) in [5.74, 6) is 0.945. The first-order valence-electron chi connectivity index (χ1n) is 8.68. The lowest BCUT2D eigenvalue weighted by atomic mass is 9.93. The highest BCUT2D eigenvalue weighted by Crippen LogP contribution is 2.29. The van der Waals surface area contributed by atoms with E-state index in [9.17, 15) is 9.59 Å². The molecule has 1 N–H and O–H groups in total. The van der Waals surface area contributed by atoms with Crippen LogP contribution in [0.15, 0.2) is 45.8 Å². The lowest BCUT2D eigenvalue weighted by Crippen LogP contribution is -2.38. The molecule has 0 spiro atoms. The number of aryl methyl sites for hydroxylation is 1. The van der Waals surface area contributed by atoms with Gasteiger partial charge in [-0.1, -0.05) is 29.8 Å². The van der Waals surface area contributed by atoms with Crippen LogP contribution < -0.4 is 15.5 Å². The van der Waals surface area contributed by atoms with Gasteiger partial charge < -0.3 is 14.5 Å². The van der Waals surface area contributed by atoms with E-state index < -0.39 is 0 Å². The Morgan fingerprint density at radius 1 is 1.31 bits per heavy atom. The van der Waals surface area contributed by atoms with Gasteiger partial charge in [0.05, 0.1) is 13.7 Å². The molecule has 6 heteroatoms. The average molecular weight is 356 g/mol. The summed E-state index contributed by atoms with van der Waals surface area (Å²) < 4.78 is 10.5. The fourth-order valence-electron chi connectivity index (χ4n) is 3.46. The van der Waals surface area contributed by atoms with E-state index >= 15 is 0 Å². The number of methoxy groups -OCH3 is 1. The van der Waals surface area contributed by atoms with Crippen LogP contribution in [0.3, 0.4) is 0 Å². The zero-order chi connectivity index (χ0) is 18.7. The molecule has 2 aromatic rings. The summed E-state index contributed by atoms with van der Waals surface area (Å²) in [7, 11) is 1.44. The van der Waals surface area contributed by atoms with Crippen molar-refractivity contribution in [2.24, 2.45) is 0 Å². The zero-order valence-corrected chi connectivity index (χ0v) is 15.3. The van der Waals surface area contributed by atoms with Gasteiger partial charge in [0.25, 0.3) is 0 Å². The fraction of sp³-hybridized carbons (Fsp3) is 0.400. The van der Waals surface area contributed by atoms with Gasteiger partial charge >= 0.3 is 0 Å². The normalized spacial score (nSPS) is 20.1. The maximum Gasteiger partial charge on any atom is 0.227 e. The highest BCUT2D eigenvalue weighted by molar-refractivity contribution is 5.73. The van der Waals surface area contributed by atoms with E-state index in [0.717, 1.165) is 6.54 Å². The number of carbonyl (C=O) groups excluding carboxylic acids is 1. The van der Waals surface area contributed by atoms with Crippen LogP contribution in [0.4, 0.5) is 0 Å². The predicted octanol–water partition coefficient (Wildman–Crippen LogP) is 2.06. The first kappa shape index (κ1) is 18.2. The number of nitrogens with zero attached hydrogens (tertiary/aromatic N) is 1. The molecular weight excluding hydrogens is 332 g/mol. The number of hydrogen-bond donors (Lipinski definition) is 1. The molecule has 2 heterocycles. The molecule has 26 heavy (non-hydrogen) atoms. The molecule has 1 saturated heterocycles. The van der Waals surface area contributed by atoms with Gasteiger partial charge in [-0.2, -0.15) is 0 Å². The summed E-state index contributed by atoms with van der Waals surface area (Å²) in [6, 6.07) is 9.90. The largest absolute Gasteiger partial charge is 0.490 e. The quantitative estimate of drug-likeness (QED) is 0.888. The second kappa shape index (κ2) is 7.74. The molecule has 1 aromatic heterocycles. The number of nitrogens with one attached hydrogen (secondary N) is 1. The predicted molar refractivity (Wildman–Crippen MR) is 98.3 cm³/mol. The second-order valence-corrected chi connectivity index (χ2v) is 6.80.